The van der Waals surface area contributed by atoms with Crippen molar-refractivity contribution in [3.05, 3.63) is 71.8 Å². The normalized spacial score (nSPS) is 12.6. The first-order chi connectivity index (χ1) is 12.3. The number of amides is 1. The second-order valence-electron chi connectivity index (χ2n) is 5.36. The Morgan fingerprint density at radius 1 is 1.04 bits per heavy atom. The predicted octanol–water partition coefficient (Wildman–Crippen LogP) is 4.29. The molecule has 0 saturated heterocycles. The molecule has 0 aliphatic heterocycles. The van der Waals surface area contributed by atoms with Gasteiger partial charge in [-0.3, -0.25) is 4.79 Å². The fourth-order valence-electron chi connectivity index (χ4n) is 2.07. The van der Waals surface area contributed by atoms with Crippen LogP contribution in [0.4, 0.5) is 18.9 Å². The fourth-order valence-corrected chi connectivity index (χ4v) is 2.07. The van der Waals surface area contributed by atoms with Gasteiger partial charge in [0.1, 0.15) is 0 Å². The summed E-state index contributed by atoms with van der Waals surface area (Å²) < 4.78 is 43.7. The Kier molecular flexibility index (Phi) is 6.16. The molecule has 1 amide bonds. The summed E-state index contributed by atoms with van der Waals surface area (Å²) in [5.41, 5.74) is -0.607. The van der Waals surface area contributed by atoms with Crippen molar-refractivity contribution in [2.24, 2.45) is 0 Å². The van der Waals surface area contributed by atoms with Crippen molar-refractivity contribution >= 4 is 23.6 Å². The van der Waals surface area contributed by atoms with Crippen molar-refractivity contribution in [1.82, 2.24) is 0 Å². The van der Waals surface area contributed by atoms with Crippen molar-refractivity contribution in [1.29, 1.82) is 0 Å². The molecule has 2 rings (SSSR count). The molecule has 136 valence electrons. The lowest BCUT2D eigenvalue weighted by Gasteiger charge is -2.16. The third-order valence-electron chi connectivity index (χ3n) is 3.36. The Morgan fingerprint density at radius 3 is 2.31 bits per heavy atom. The van der Waals surface area contributed by atoms with Gasteiger partial charge in [-0.2, -0.15) is 13.2 Å². The molecule has 1 atom stereocenters. The van der Waals surface area contributed by atoms with Gasteiger partial charge in [-0.1, -0.05) is 42.5 Å². The van der Waals surface area contributed by atoms with Crippen LogP contribution in [-0.2, 0) is 20.5 Å². The highest BCUT2D eigenvalue weighted by molar-refractivity contribution is 5.97. The van der Waals surface area contributed by atoms with Gasteiger partial charge in [0.15, 0.2) is 6.10 Å². The standard InChI is InChI=1S/C19H16F3NO3/c1-13(26-17(24)12-11-14-7-3-2-4-8-14)18(25)23-16-10-6-5-9-15(16)19(20,21)22/h2-13H,1H3,(H,23,25)/b12-11+/t13-/m1/s1. The van der Waals surface area contributed by atoms with E-state index in [-0.39, 0.29) is 0 Å². The van der Waals surface area contributed by atoms with E-state index in [1.807, 2.05) is 6.07 Å². The fraction of sp³-hybridized carbons (Fsp3) is 0.158. The molecule has 0 aliphatic carbocycles. The third kappa shape index (κ3) is 5.47. The molecule has 0 aromatic heterocycles. The zero-order valence-electron chi connectivity index (χ0n) is 13.8. The van der Waals surface area contributed by atoms with E-state index in [4.69, 9.17) is 4.74 Å². The number of benzene rings is 2. The summed E-state index contributed by atoms with van der Waals surface area (Å²) in [5.74, 6) is -1.64. The lowest BCUT2D eigenvalue weighted by molar-refractivity contribution is -0.148. The summed E-state index contributed by atoms with van der Waals surface area (Å²) in [5, 5.41) is 2.14. The Balaban J connectivity index is 1.98. The number of halogens is 3. The maximum absolute atomic E-state index is 12.9. The molecule has 2 aromatic rings. The third-order valence-corrected chi connectivity index (χ3v) is 3.36. The Hall–Kier alpha value is -3.09. The zero-order valence-corrected chi connectivity index (χ0v) is 13.8. The van der Waals surface area contributed by atoms with Crippen LogP contribution in [0.1, 0.15) is 18.1 Å². The lowest BCUT2D eigenvalue weighted by Crippen LogP contribution is -2.30. The number of carbonyl (C=O) groups is 2. The Morgan fingerprint density at radius 2 is 1.65 bits per heavy atom. The molecule has 26 heavy (non-hydrogen) atoms. The average Bonchev–Trinajstić information content (AvgIpc) is 2.60. The van der Waals surface area contributed by atoms with E-state index in [0.717, 1.165) is 23.8 Å². The van der Waals surface area contributed by atoms with Crippen LogP contribution in [0.3, 0.4) is 0 Å². The van der Waals surface area contributed by atoms with E-state index in [1.165, 1.54) is 25.1 Å². The molecule has 7 heteroatoms. The zero-order chi connectivity index (χ0) is 19.2. The van der Waals surface area contributed by atoms with Crippen molar-refractivity contribution in [2.45, 2.75) is 19.2 Å². The van der Waals surface area contributed by atoms with Crippen LogP contribution in [0.2, 0.25) is 0 Å². The second-order valence-corrected chi connectivity index (χ2v) is 5.36. The molecular weight excluding hydrogens is 347 g/mol. The second kappa shape index (κ2) is 8.33. The summed E-state index contributed by atoms with van der Waals surface area (Å²) in [4.78, 5) is 23.8. The van der Waals surface area contributed by atoms with Crippen molar-refractivity contribution in [2.75, 3.05) is 5.32 Å². The van der Waals surface area contributed by atoms with Crippen LogP contribution in [0.5, 0.6) is 0 Å². The van der Waals surface area contributed by atoms with E-state index in [2.05, 4.69) is 5.32 Å². The van der Waals surface area contributed by atoms with Crippen LogP contribution in [-0.4, -0.2) is 18.0 Å². The molecule has 0 spiro atoms. The number of alkyl halides is 3. The van der Waals surface area contributed by atoms with Gasteiger partial charge < -0.3 is 10.1 Å². The molecule has 0 radical (unpaired) electrons. The Bertz CT molecular complexity index is 801. The molecule has 0 unspecified atom stereocenters. The van der Waals surface area contributed by atoms with E-state index >= 15 is 0 Å². The highest BCUT2D eigenvalue weighted by Crippen LogP contribution is 2.34. The number of rotatable bonds is 5. The monoisotopic (exact) mass is 363 g/mol. The highest BCUT2D eigenvalue weighted by Gasteiger charge is 2.34. The largest absolute Gasteiger partial charge is 0.449 e. The van der Waals surface area contributed by atoms with Gasteiger partial charge in [0.25, 0.3) is 5.91 Å². The van der Waals surface area contributed by atoms with Gasteiger partial charge in [0.2, 0.25) is 0 Å². The number of para-hydroxylation sites is 1. The Labute approximate surface area is 148 Å². The first-order valence-corrected chi connectivity index (χ1v) is 7.68. The predicted molar refractivity (Wildman–Crippen MR) is 91.1 cm³/mol. The number of nitrogens with one attached hydrogen (secondary N) is 1. The number of hydrogen-bond acceptors (Lipinski definition) is 3. The van der Waals surface area contributed by atoms with Crippen molar-refractivity contribution < 1.29 is 27.5 Å². The minimum Gasteiger partial charge on any atom is -0.449 e. The number of esters is 1. The van der Waals surface area contributed by atoms with Gasteiger partial charge in [0.05, 0.1) is 11.3 Å². The van der Waals surface area contributed by atoms with Crippen molar-refractivity contribution in [3.8, 4) is 0 Å². The number of ether oxygens (including phenoxy) is 1. The number of anilines is 1. The van der Waals surface area contributed by atoms with E-state index in [1.54, 1.807) is 24.3 Å². The quantitative estimate of drug-likeness (QED) is 0.637. The molecule has 4 nitrogen and oxygen atoms in total. The van der Waals surface area contributed by atoms with E-state index in [9.17, 15) is 22.8 Å². The lowest BCUT2D eigenvalue weighted by atomic mass is 10.1. The minimum atomic E-state index is -4.61. The number of carbonyl (C=O) groups excluding carboxylic acids is 2. The minimum absolute atomic E-state index is 0.396. The summed E-state index contributed by atoms with van der Waals surface area (Å²) in [6.07, 6.45) is -3.22. The molecule has 0 aliphatic rings. The van der Waals surface area contributed by atoms with Crippen LogP contribution in [0, 0.1) is 0 Å². The topological polar surface area (TPSA) is 55.4 Å². The summed E-state index contributed by atoms with van der Waals surface area (Å²) in [7, 11) is 0. The van der Waals surface area contributed by atoms with Crippen LogP contribution in [0.15, 0.2) is 60.7 Å². The molecule has 2 aromatic carbocycles. The van der Waals surface area contributed by atoms with Crippen LogP contribution in [0.25, 0.3) is 6.08 Å². The summed E-state index contributed by atoms with van der Waals surface area (Å²) >= 11 is 0. The highest BCUT2D eigenvalue weighted by atomic mass is 19.4. The molecule has 0 heterocycles. The maximum Gasteiger partial charge on any atom is 0.418 e. The summed E-state index contributed by atoms with van der Waals surface area (Å²) in [6.45, 7) is 1.28. The molecule has 1 N–H and O–H groups in total. The first kappa shape index (κ1) is 19.2. The smallest absolute Gasteiger partial charge is 0.418 e. The molecule has 0 fully saturated rings. The molecular formula is C19H16F3NO3. The van der Waals surface area contributed by atoms with Gasteiger partial charge >= 0.3 is 12.1 Å². The van der Waals surface area contributed by atoms with Crippen molar-refractivity contribution in [3.63, 3.8) is 0 Å². The van der Waals surface area contributed by atoms with Gasteiger partial charge in [-0.25, -0.2) is 4.79 Å². The van der Waals surface area contributed by atoms with E-state index in [0.29, 0.717) is 0 Å². The first-order valence-electron chi connectivity index (χ1n) is 7.68. The maximum atomic E-state index is 12.9. The van der Waals surface area contributed by atoms with Gasteiger partial charge in [-0.15, -0.1) is 0 Å². The average molecular weight is 363 g/mol. The van der Waals surface area contributed by atoms with Crippen LogP contribution >= 0.6 is 0 Å². The molecule has 0 bridgehead atoms. The number of hydrogen-bond donors (Lipinski definition) is 1. The van der Waals surface area contributed by atoms with E-state index < -0.39 is 35.4 Å². The molecule has 0 saturated carbocycles. The summed E-state index contributed by atoms with van der Waals surface area (Å²) in [6, 6.07) is 13.5. The van der Waals surface area contributed by atoms with Gasteiger partial charge in [0, 0.05) is 6.08 Å². The SMILES string of the molecule is C[C@@H](OC(=O)/C=C/c1ccccc1)C(=O)Nc1ccccc1C(F)(F)F. The van der Waals surface area contributed by atoms with Gasteiger partial charge in [-0.05, 0) is 30.7 Å². The van der Waals surface area contributed by atoms with Crippen LogP contribution < -0.4 is 5.32 Å².